The van der Waals surface area contributed by atoms with Crippen LogP contribution in [0.1, 0.15) is 44.1 Å². The van der Waals surface area contributed by atoms with Crippen molar-refractivity contribution in [1.29, 1.82) is 0 Å². The number of halogens is 1. The number of carbonyl (C=O) groups excluding carboxylic acids is 1. The first kappa shape index (κ1) is 14.7. The number of nitrogens with zero attached hydrogens (tertiary/aromatic N) is 1. The maximum Gasteiger partial charge on any atom is 0.363 e. The number of esters is 1. The second-order valence-corrected chi connectivity index (χ2v) is 8.46. The van der Waals surface area contributed by atoms with E-state index in [2.05, 4.69) is 4.99 Å². The molecule has 1 heterocycles. The number of aliphatic imine (C=N–C) groups is 1. The Morgan fingerprint density at radius 3 is 2.33 bits per heavy atom. The summed E-state index contributed by atoms with van der Waals surface area (Å²) in [6.07, 6.45) is 9.27. The van der Waals surface area contributed by atoms with Crippen LogP contribution in [0.2, 0.25) is 5.02 Å². The fourth-order valence-electron chi connectivity index (χ4n) is 5.75. The molecular formula is C20H20ClNO2. The van der Waals surface area contributed by atoms with Crippen LogP contribution in [0.4, 0.5) is 0 Å². The summed E-state index contributed by atoms with van der Waals surface area (Å²) in [7, 11) is 0. The fraction of sp³-hybridized carbons (Fsp3) is 0.500. The van der Waals surface area contributed by atoms with Gasteiger partial charge in [0, 0.05) is 10.4 Å². The van der Waals surface area contributed by atoms with Crippen molar-refractivity contribution in [2.45, 2.75) is 38.5 Å². The zero-order valence-corrected chi connectivity index (χ0v) is 14.3. The van der Waals surface area contributed by atoms with E-state index in [1.165, 1.54) is 19.3 Å². The Morgan fingerprint density at radius 1 is 1.08 bits per heavy atom. The largest absolute Gasteiger partial charge is 0.406 e. The van der Waals surface area contributed by atoms with Crippen LogP contribution < -0.4 is 0 Å². The van der Waals surface area contributed by atoms with Gasteiger partial charge >= 0.3 is 5.97 Å². The van der Waals surface area contributed by atoms with E-state index in [0.717, 1.165) is 42.6 Å². The minimum atomic E-state index is -0.333. The van der Waals surface area contributed by atoms with Gasteiger partial charge in [-0.1, -0.05) is 29.8 Å². The van der Waals surface area contributed by atoms with Crippen LogP contribution in [0.15, 0.2) is 35.0 Å². The Balaban J connectivity index is 1.50. The lowest BCUT2D eigenvalue weighted by molar-refractivity contribution is -0.131. The summed E-state index contributed by atoms with van der Waals surface area (Å²) in [5, 5.41) is 0.622. The Morgan fingerprint density at radius 2 is 1.71 bits per heavy atom. The van der Waals surface area contributed by atoms with Gasteiger partial charge in [-0.15, -0.1) is 0 Å². The number of hydrogen-bond acceptors (Lipinski definition) is 3. The Labute approximate surface area is 146 Å². The van der Waals surface area contributed by atoms with E-state index in [4.69, 9.17) is 16.3 Å². The van der Waals surface area contributed by atoms with Crippen LogP contribution in [0.3, 0.4) is 0 Å². The van der Waals surface area contributed by atoms with Crippen molar-refractivity contribution in [2.24, 2.45) is 28.2 Å². The number of rotatable bonds is 2. The highest BCUT2D eigenvalue weighted by atomic mass is 35.5. The number of ether oxygens (including phenoxy) is 1. The van der Waals surface area contributed by atoms with Gasteiger partial charge in [0.25, 0.3) is 0 Å². The summed E-state index contributed by atoms with van der Waals surface area (Å²) in [5.74, 6) is 2.75. The first-order valence-electron chi connectivity index (χ1n) is 8.89. The molecule has 4 saturated carbocycles. The molecule has 4 aliphatic carbocycles. The van der Waals surface area contributed by atoms with Crippen LogP contribution in [0.25, 0.3) is 6.08 Å². The molecule has 1 aromatic rings. The number of benzene rings is 1. The van der Waals surface area contributed by atoms with Crippen molar-refractivity contribution in [3.05, 3.63) is 40.5 Å². The van der Waals surface area contributed by atoms with Gasteiger partial charge < -0.3 is 4.74 Å². The molecule has 0 radical (unpaired) electrons. The van der Waals surface area contributed by atoms with Crippen molar-refractivity contribution in [3.8, 4) is 0 Å². The molecule has 0 amide bonds. The molecule has 1 aliphatic heterocycles. The van der Waals surface area contributed by atoms with Gasteiger partial charge in [-0.3, -0.25) is 0 Å². The SMILES string of the molecule is O=C1OC(C23CC4CC(CC(C4)C2)C3)=N/C1=C/c1ccccc1Cl. The van der Waals surface area contributed by atoms with Crippen LogP contribution in [0.5, 0.6) is 0 Å². The summed E-state index contributed by atoms with van der Waals surface area (Å²) < 4.78 is 5.67. The standard InChI is InChI=1S/C20H20ClNO2/c21-16-4-2-1-3-15(16)8-17-18(23)24-19(22-17)20-9-12-5-13(10-20)7-14(6-12)11-20/h1-4,8,12-14H,5-7,9-11H2/b17-8+. The predicted molar refractivity (Wildman–Crippen MR) is 93.6 cm³/mol. The van der Waals surface area contributed by atoms with E-state index in [1.54, 1.807) is 6.08 Å². The molecule has 24 heavy (non-hydrogen) atoms. The van der Waals surface area contributed by atoms with E-state index in [1.807, 2.05) is 24.3 Å². The summed E-state index contributed by atoms with van der Waals surface area (Å²) >= 11 is 6.20. The molecule has 1 aromatic carbocycles. The van der Waals surface area contributed by atoms with Gasteiger partial charge in [0.2, 0.25) is 5.90 Å². The van der Waals surface area contributed by atoms with E-state index in [9.17, 15) is 4.79 Å². The normalized spacial score (nSPS) is 38.5. The third-order valence-corrected chi connectivity index (χ3v) is 6.65. The van der Waals surface area contributed by atoms with Crippen LogP contribution in [-0.4, -0.2) is 11.9 Å². The Hall–Kier alpha value is -1.61. The zero-order valence-electron chi connectivity index (χ0n) is 13.5. The van der Waals surface area contributed by atoms with Crippen molar-refractivity contribution in [2.75, 3.05) is 0 Å². The topological polar surface area (TPSA) is 38.7 Å². The highest BCUT2D eigenvalue weighted by Crippen LogP contribution is 2.61. The first-order valence-corrected chi connectivity index (χ1v) is 9.27. The quantitative estimate of drug-likeness (QED) is 0.569. The van der Waals surface area contributed by atoms with Gasteiger partial charge in [0.05, 0.1) is 0 Å². The maximum atomic E-state index is 12.3. The summed E-state index contributed by atoms with van der Waals surface area (Å²) in [6.45, 7) is 0. The molecule has 0 saturated heterocycles. The van der Waals surface area contributed by atoms with Gasteiger partial charge in [-0.25, -0.2) is 9.79 Å². The monoisotopic (exact) mass is 341 g/mol. The van der Waals surface area contributed by atoms with E-state index >= 15 is 0 Å². The Bertz CT molecular complexity index is 744. The molecule has 5 aliphatic rings. The third kappa shape index (κ3) is 2.25. The second-order valence-electron chi connectivity index (χ2n) is 8.06. The van der Waals surface area contributed by atoms with Crippen LogP contribution >= 0.6 is 11.6 Å². The number of cyclic esters (lactones) is 1. The molecule has 124 valence electrons. The second kappa shape index (κ2) is 5.19. The molecule has 0 unspecified atom stereocenters. The molecule has 4 fully saturated rings. The highest BCUT2D eigenvalue weighted by Gasteiger charge is 2.55. The number of hydrogen-bond donors (Lipinski definition) is 0. The molecule has 0 spiro atoms. The number of carbonyl (C=O) groups is 1. The summed E-state index contributed by atoms with van der Waals surface area (Å²) in [5.41, 5.74) is 1.20. The maximum absolute atomic E-state index is 12.3. The predicted octanol–water partition coefficient (Wildman–Crippen LogP) is 4.85. The smallest absolute Gasteiger partial charge is 0.363 e. The lowest BCUT2D eigenvalue weighted by atomic mass is 9.49. The lowest BCUT2D eigenvalue weighted by Crippen LogP contribution is -2.50. The lowest BCUT2D eigenvalue weighted by Gasteiger charge is -2.55. The summed E-state index contributed by atoms with van der Waals surface area (Å²) in [4.78, 5) is 17.0. The van der Waals surface area contributed by atoms with Crippen molar-refractivity contribution in [1.82, 2.24) is 0 Å². The van der Waals surface area contributed by atoms with Gasteiger partial charge in [-0.05, 0) is 74.0 Å². The molecule has 0 N–H and O–H groups in total. The minimum absolute atomic E-state index is 0.0144. The molecule has 4 heteroatoms. The summed E-state index contributed by atoms with van der Waals surface area (Å²) in [6, 6.07) is 7.49. The fourth-order valence-corrected chi connectivity index (χ4v) is 5.94. The van der Waals surface area contributed by atoms with Gasteiger partial charge in [0.15, 0.2) is 5.70 Å². The molecule has 3 nitrogen and oxygen atoms in total. The molecular weight excluding hydrogens is 322 g/mol. The highest BCUT2D eigenvalue weighted by molar-refractivity contribution is 6.32. The van der Waals surface area contributed by atoms with E-state index < -0.39 is 0 Å². The van der Waals surface area contributed by atoms with Gasteiger partial charge in [0.1, 0.15) is 0 Å². The van der Waals surface area contributed by atoms with E-state index in [-0.39, 0.29) is 11.4 Å². The molecule has 0 aromatic heterocycles. The average Bonchev–Trinajstić information content (AvgIpc) is 2.90. The van der Waals surface area contributed by atoms with Crippen molar-refractivity contribution in [3.63, 3.8) is 0 Å². The first-order chi connectivity index (χ1) is 11.6. The molecule has 0 atom stereocenters. The Kier molecular flexibility index (Phi) is 3.18. The zero-order chi connectivity index (χ0) is 16.3. The molecule has 6 rings (SSSR count). The van der Waals surface area contributed by atoms with Crippen molar-refractivity contribution < 1.29 is 9.53 Å². The van der Waals surface area contributed by atoms with Crippen LogP contribution in [-0.2, 0) is 9.53 Å². The van der Waals surface area contributed by atoms with Crippen molar-refractivity contribution >= 4 is 29.5 Å². The van der Waals surface area contributed by atoms with E-state index in [0.29, 0.717) is 16.6 Å². The average molecular weight is 342 g/mol. The van der Waals surface area contributed by atoms with Gasteiger partial charge in [-0.2, -0.15) is 0 Å². The minimum Gasteiger partial charge on any atom is -0.406 e. The van der Waals surface area contributed by atoms with Crippen LogP contribution in [0, 0.1) is 23.2 Å². The third-order valence-electron chi connectivity index (χ3n) is 6.31. The molecule has 4 bridgehead atoms.